The fraction of sp³-hybridized carbons (Fsp3) is 0.400. The number of rotatable bonds is 4. The third kappa shape index (κ3) is 3.07. The van der Waals surface area contributed by atoms with Crippen molar-refractivity contribution in [2.45, 2.75) is 30.8 Å². The van der Waals surface area contributed by atoms with E-state index < -0.39 is 10.0 Å². The molecule has 0 aliphatic carbocycles. The monoisotopic (exact) mass is 306 g/mol. The van der Waals surface area contributed by atoms with E-state index >= 15 is 0 Å². The average molecular weight is 306 g/mol. The third-order valence-corrected chi connectivity index (χ3v) is 5.08. The van der Waals surface area contributed by atoms with E-state index in [4.69, 9.17) is 4.74 Å². The summed E-state index contributed by atoms with van der Waals surface area (Å²) in [6.45, 7) is 2.95. The van der Waals surface area contributed by atoms with Crippen LogP contribution >= 0.6 is 0 Å². The topological polar surface area (TPSA) is 68.3 Å². The SMILES string of the molecule is Cc1cnc2c(S(=O)(=O)NC[C@@H]3CCCO3)cccc2c1. The van der Waals surface area contributed by atoms with Gasteiger partial charge in [0.15, 0.2) is 0 Å². The van der Waals surface area contributed by atoms with Crippen molar-refractivity contribution in [2.75, 3.05) is 13.2 Å². The number of aryl methyl sites for hydroxylation is 1. The van der Waals surface area contributed by atoms with Gasteiger partial charge in [-0.15, -0.1) is 0 Å². The number of hydrogen-bond acceptors (Lipinski definition) is 4. The smallest absolute Gasteiger partial charge is 0.242 e. The van der Waals surface area contributed by atoms with Gasteiger partial charge < -0.3 is 4.74 Å². The minimum Gasteiger partial charge on any atom is -0.377 e. The van der Waals surface area contributed by atoms with Gasteiger partial charge in [0.05, 0.1) is 11.6 Å². The summed E-state index contributed by atoms with van der Waals surface area (Å²) in [5.41, 5.74) is 1.51. The van der Waals surface area contributed by atoms with Crippen LogP contribution in [0.1, 0.15) is 18.4 Å². The van der Waals surface area contributed by atoms with Gasteiger partial charge in [0.25, 0.3) is 0 Å². The van der Waals surface area contributed by atoms with Crippen LogP contribution in [-0.4, -0.2) is 32.7 Å². The van der Waals surface area contributed by atoms with Crippen LogP contribution in [0.5, 0.6) is 0 Å². The van der Waals surface area contributed by atoms with Crippen LogP contribution in [0.3, 0.4) is 0 Å². The van der Waals surface area contributed by atoms with Crippen LogP contribution < -0.4 is 4.72 Å². The number of ether oxygens (including phenoxy) is 1. The van der Waals surface area contributed by atoms with Gasteiger partial charge in [-0.25, -0.2) is 13.1 Å². The molecule has 0 radical (unpaired) electrons. The van der Waals surface area contributed by atoms with Crippen molar-refractivity contribution < 1.29 is 13.2 Å². The van der Waals surface area contributed by atoms with Crippen LogP contribution in [0.2, 0.25) is 0 Å². The Bertz CT molecular complexity index is 753. The third-order valence-electron chi connectivity index (χ3n) is 3.63. The second-order valence-corrected chi connectivity index (χ2v) is 7.06. The first-order valence-electron chi connectivity index (χ1n) is 7.03. The summed E-state index contributed by atoms with van der Waals surface area (Å²) in [7, 11) is -3.58. The molecule has 1 N–H and O–H groups in total. The maximum atomic E-state index is 12.5. The average Bonchev–Trinajstić information content (AvgIpc) is 2.97. The van der Waals surface area contributed by atoms with Crippen molar-refractivity contribution in [3.8, 4) is 0 Å². The second kappa shape index (κ2) is 5.71. The minimum absolute atomic E-state index is 0.0232. The Hall–Kier alpha value is -1.50. The number of sulfonamides is 1. The Morgan fingerprint density at radius 1 is 1.43 bits per heavy atom. The molecule has 3 rings (SSSR count). The summed E-state index contributed by atoms with van der Waals surface area (Å²) >= 11 is 0. The molecule has 1 aliphatic heterocycles. The van der Waals surface area contributed by atoms with Gasteiger partial charge in [-0.3, -0.25) is 4.98 Å². The Morgan fingerprint density at radius 2 is 2.29 bits per heavy atom. The Labute approximate surface area is 124 Å². The van der Waals surface area contributed by atoms with E-state index in [2.05, 4.69) is 9.71 Å². The van der Waals surface area contributed by atoms with Gasteiger partial charge in [0, 0.05) is 24.7 Å². The van der Waals surface area contributed by atoms with E-state index in [0.717, 1.165) is 23.8 Å². The van der Waals surface area contributed by atoms with Crippen molar-refractivity contribution in [1.29, 1.82) is 0 Å². The molecule has 1 atom stereocenters. The van der Waals surface area contributed by atoms with E-state index in [-0.39, 0.29) is 11.0 Å². The van der Waals surface area contributed by atoms with Crippen molar-refractivity contribution >= 4 is 20.9 Å². The van der Waals surface area contributed by atoms with E-state index in [1.165, 1.54) is 0 Å². The highest BCUT2D eigenvalue weighted by Crippen LogP contribution is 2.22. The molecule has 1 fully saturated rings. The summed E-state index contributed by atoms with van der Waals surface area (Å²) < 4.78 is 33.0. The molecule has 0 spiro atoms. The van der Waals surface area contributed by atoms with E-state index in [0.29, 0.717) is 18.7 Å². The normalized spacial score (nSPS) is 19.2. The maximum Gasteiger partial charge on any atom is 0.242 e. The Morgan fingerprint density at radius 3 is 3.05 bits per heavy atom. The van der Waals surface area contributed by atoms with Gasteiger partial charge >= 0.3 is 0 Å². The largest absolute Gasteiger partial charge is 0.377 e. The second-order valence-electron chi connectivity index (χ2n) is 5.33. The lowest BCUT2D eigenvalue weighted by molar-refractivity contribution is 0.114. The number of benzene rings is 1. The summed E-state index contributed by atoms with van der Waals surface area (Å²) in [6, 6.07) is 7.13. The maximum absolute atomic E-state index is 12.5. The molecule has 0 amide bonds. The highest BCUT2D eigenvalue weighted by Gasteiger charge is 2.22. The lowest BCUT2D eigenvalue weighted by atomic mass is 10.2. The van der Waals surface area contributed by atoms with Gasteiger partial charge in [0.2, 0.25) is 10.0 Å². The zero-order valence-corrected chi connectivity index (χ0v) is 12.7. The zero-order chi connectivity index (χ0) is 14.9. The standard InChI is InChI=1S/C15H18N2O3S/c1-11-8-12-4-2-6-14(15(12)16-9-11)21(18,19)17-10-13-5-3-7-20-13/h2,4,6,8-9,13,17H,3,5,7,10H2,1H3/t13-/m0/s1. The van der Waals surface area contributed by atoms with Crippen molar-refractivity contribution in [2.24, 2.45) is 0 Å². The molecule has 1 aromatic carbocycles. The molecule has 1 aliphatic rings. The number of pyridine rings is 1. The van der Waals surface area contributed by atoms with Crippen molar-refractivity contribution in [3.05, 3.63) is 36.0 Å². The predicted octanol–water partition coefficient (Wildman–Crippen LogP) is 2.00. The van der Waals surface area contributed by atoms with E-state index in [1.54, 1.807) is 18.3 Å². The number of nitrogens with one attached hydrogen (secondary N) is 1. The summed E-state index contributed by atoms with van der Waals surface area (Å²) in [5.74, 6) is 0. The van der Waals surface area contributed by atoms with Gasteiger partial charge in [-0.2, -0.15) is 0 Å². The van der Waals surface area contributed by atoms with Crippen LogP contribution in [-0.2, 0) is 14.8 Å². The number of nitrogens with zero attached hydrogens (tertiary/aromatic N) is 1. The van der Waals surface area contributed by atoms with E-state index in [1.807, 2.05) is 19.1 Å². The first-order chi connectivity index (χ1) is 10.1. The molecule has 1 saturated heterocycles. The minimum atomic E-state index is -3.58. The molecular formula is C15H18N2O3S. The molecule has 0 unspecified atom stereocenters. The zero-order valence-electron chi connectivity index (χ0n) is 11.9. The first kappa shape index (κ1) is 14.4. The summed E-state index contributed by atoms with van der Waals surface area (Å²) in [6.07, 6.45) is 3.54. The first-order valence-corrected chi connectivity index (χ1v) is 8.51. The van der Waals surface area contributed by atoms with Crippen LogP contribution in [0.4, 0.5) is 0 Å². The number of hydrogen-bond donors (Lipinski definition) is 1. The Balaban J connectivity index is 1.91. The summed E-state index contributed by atoms with van der Waals surface area (Å²) in [4.78, 5) is 4.50. The molecule has 112 valence electrons. The predicted molar refractivity (Wildman–Crippen MR) is 80.6 cm³/mol. The van der Waals surface area contributed by atoms with Crippen molar-refractivity contribution in [1.82, 2.24) is 9.71 Å². The molecule has 0 saturated carbocycles. The van der Waals surface area contributed by atoms with Gasteiger partial charge in [-0.05, 0) is 37.5 Å². The van der Waals surface area contributed by atoms with E-state index in [9.17, 15) is 8.42 Å². The quantitative estimate of drug-likeness (QED) is 0.938. The lowest BCUT2D eigenvalue weighted by Gasteiger charge is -2.12. The fourth-order valence-corrected chi connectivity index (χ4v) is 3.79. The molecule has 5 nitrogen and oxygen atoms in total. The van der Waals surface area contributed by atoms with Crippen LogP contribution in [0, 0.1) is 6.92 Å². The molecule has 6 heteroatoms. The molecular weight excluding hydrogens is 288 g/mol. The van der Waals surface area contributed by atoms with Crippen LogP contribution in [0.25, 0.3) is 10.9 Å². The highest BCUT2D eigenvalue weighted by molar-refractivity contribution is 7.89. The number of fused-ring (bicyclic) bond motifs is 1. The highest BCUT2D eigenvalue weighted by atomic mass is 32.2. The van der Waals surface area contributed by atoms with Gasteiger partial charge in [0.1, 0.15) is 4.90 Å². The van der Waals surface area contributed by atoms with Crippen LogP contribution in [0.15, 0.2) is 35.4 Å². The molecule has 1 aromatic heterocycles. The fourth-order valence-electron chi connectivity index (χ4n) is 2.55. The lowest BCUT2D eigenvalue weighted by Crippen LogP contribution is -2.32. The number of para-hydroxylation sites is 1. The molecule has 2 aromatic rings. The molecule has 21 heavy (non-hydrogen) atoms. The van der Waals surface area contributed by atoms with Crippen molar-refractivity contribution in [3.63, 3.8) is 0 Å². The molecule has 0 bridgehead atoms. The Kier molecular flexibility index (Phi) is 3.93. The molecule has 2 heterocycles. The van der Waals surface area contributed by atoms with Gasteiger partial charge in [-0.1, -0.05) is 12.1 Å². The number of aromatic nitrogens is 1. The summed E-state index contributed by atoms with van der Waals surface area (Å²) in [5, 5.41) is 0.829.